The lowest BCUT2D eigenvalue weighted by Crippen LogP contribution is -2.15. The number of hydrogen-bond acceptors (Lipinski definition) is 3. The maximum absolute atomic E-state index is 12.1. The van der Waals surface area contributed by atoms with E-state index >= 15 is 0 Å². The van der Waals surface area contributed by atoms with Gasteiger partial charge in [0.1, 0.15) is 5.78 Å². The number of hydrogen-bond donors (Lipinski definition) is 2. The van der Waals surface area contributed by atoms with Crippen LogP contribution in [0.1, 0.15) is 162 Å². The van der Waals surface area contributed by atoms with Crippen molar-refractivity contribution in [3.05, 3.63) is 0 Å². The summed E-state index contributed by atoms with van der Waals surface area (Å²) >= 11 is 0. The average Bonchev–Trinajstić information content (AvgIpc) is 2.75. The van der Waals surface area contributed by atoms with Crippen molar-refractivity contribution in [3.63, 3.8) is 0 Å². The molecule has 0 fully saturated rings. The summed E-state index contributed by atoms with van der Waals surface area (Å²) in [5, 5.41) is 20.2. The Bertz CT molecular complexity index is 369. The van der Waals surface area contributed by atoms with E-state index in [1.165, 1.54) is 96.3 Å². The monoisotopic (exact) mass is 440 g/mol. The van der Waals surface area contributed by atoms with E-state index in [-0.39, 0.29) is 18.3 Å². The van der Waals surface area contributed by atoms with E-state index in [9.17, 15) is 15.0 Å². The summed E-state index contributed by atoms with van der Waals surface area (Å²) in [7, 11) is 0. The number of aliphatic hydroxyl groups is 2. The smallest absolute Gasteiger partial charge is 0.135 e. The van der Waals surface area contributed by atoms with E-state index in [2.05, 4.69) is 13.8 Å². The van der Waals surface area contributed by atoms with Crippen LogP contribution in [0.4, 0.5) is 0 Å². The zero-order valence-corrected chi connectivity index (χ0v) is 21.2. The van der Waals surface area contributed by atoms with E-state index in [1.807, 2.05) is 0 Å². The van der Waals surface area contributed by atoms with Crippen molar-refractivity contribution in [1.29, 1.82) is 0 Å². The number of Topliss-reactive ketones (excluding diaryl/α,β-unsaturated/α-hetero) is 1. The summed E-state index contributed by atoms with van der Waals surface area (Å²) in [6, 6.07) is 0. The van der Waals surface area contributed by atoms with Gasteiger partial charge in [0.25, 0.3) is 0 Å². The van der Waals surface area contributed by atoms with Gasteiger partial charge in [0.05, 0.1) is 12.2 Å². The molecule has 2 N–H and O–H groups in total. The number of unbranched alkanes of at least 4 members (excludes halogenated alkanes) is 16. The fourth-order valence-corrected chi connectivity index (χ4v) is 4.32. The van der Waals surface area contributed by atoms with Gasteiger partial charge < -0.3 is 10.2 Å². The van der Waals surface area contributed by atoms with Crippen molar-refractivity contribution in [2.24, 2.45) is 0 Å². The molecule has 2 unspecified atom stereocenters. The maximum atomic E-state index is 12.1. The van der Waals surface area contributed by atoms with Crippen LogP contribution in [0.3, 0.4) is 0 Å². The van der Waals surface area contributed by atoms with Crippen LogP contribution in [-0.4, -0.2) is 28.2 Å². The van der Waals surface area contributed by atoms with Crippen LogP contribution < -0.4 is 0 Å². The average molecular weight is 441 g/mol. The molecule has 0 bridgehead atoms. The summed E-state index contributed by atoms with van der Waals surface area (Å²) in [6.45, 7) is 4.50. The third-order valence-corrected chi connectivity index (χ3v) is 6.50. The molecule has 3 heteroatoms. The summed E-state index contributed by atoms with van der Waals surface area (Å²) in [6.07, 6.45) is 25.0. The molecule has 0 aromatic heterocycles. The zero-order chi connectivity index (χ0) is 23.0. The lowest BCUT2D eigenvalue weighted by atomic mass is 9.99. The Morgan fingerprint density at radius 3 is 1.29 bits per heavy atom. The third-order valence-electron chi connectivity index (χ3n) is 6.50. The minimum atomic E-state index is -0.494. The predicted octanol–water partition coefficient (Wildman–Crippen LogP) is 8.29. The molecule has 0 amide bonds. The molecule has 3 nitrogen and oxygen atoms in total. The zero-order valence-electron chi connectivity index (χ0n) is 21.2. The molecule has 31 heavy (non-hydrogen) atoms. The Kier molecular flexibility index (Phi) is 23.9. The normalized spacial score (nSPS) is 13.4. The Balaban J connectivity index is 3.45. The molecule has 0 aliphatic rings. The second-order valence-electron chi connectivity index (χ2n) is 9.82. The van der Waals surface area contributed by atoms with Crippen LogP contribution in [0.5, 0.6) is 0 Å². The lowest BCUT2D eigenvalue weighted by Gasteiger charge is -2.12. The van der Waals surface area contributed by atoms with Gasteiger partial charge in [0.2, 0.25) is 0 Å². The predicted molar refractivity (Wildman–Crippen MR) is 135 cm³/mol. The van der Waals surface area contributed by atoms with Gasteiger partial charge in [-0.3, -0.25) is 4.79 Å². The van der Waals surface area contributed by atoms with Gasteiger partial charge in [0.15, 0.2) is 0 Å². The van der Waals surface area contributed by atoms with Crippen molar-refractivity contribution < 1.29 is 15.0 Å². The number of aliphatic hydroxyl groups excluding tert-OH is 2. The first-order chi connectivity index (χ1) is 15.1. The van der Waals surface area contributed by atoms with E-state index in [0.29, 0.717) is 12.8 Å². The number of carbonyl (C=O) groups excluding carboxylic acids is 1. The lowest BCUT2D eigenvalue weighted by molar-refractivity contribution is -0.121. The van der Waals surface area contributed by atoms with Gasteiger partial charge in [-0.15, -0.1) is 0 Å². The van der Waals surface area contributed by atoms with Gasteiger partial charge in [-0.05, 0) is 19.3 Å². The van der Waals surface area contributed by atoms with Crippen molar-refractivity contribution in [3.8, 4) is 0 Å². The molecule has 186 valence electrons. The molecule has 0 saturated carbocycles. The van der Waals surface area contributed by atoms with E-state index in [0.717, 1.165) is 32.1 Å². The highest BCUT2D eigenvalue weighted by molar-refractivity contribution is 5.78. The second-order valence-corrected chi connectivity index (χ2v) is 9.82. The molecular weight excluding hydrogens is 384 g/mol. The standard InChI is InChI=1S/C28H56O3/c1-3-5-7-9-11-13-15-17-19-21-26(29)23-24-28(31)25-27(30)22-20-18-16-14-12-10-8-6-4-2/h26-27,29-30H,3-25H2,1-2H3. The SMILES string of the molecule is CCCCCCCCCCCC(O)CCC(=O)CC(O)CCCCCCCCCCC. The van der Waals surface area contributed by atoms with Crippen molar-refractivity contribution in [2.45, 2.75) is 174 Å². The first-order valence-electron chi connectivity index (χ1n) is 14.0. The molecule has 0 rings (SSSR count). The third kappa shape index (κ3) is 24.1. The van der Waals surface area contributed by atoms with Gasteiger partial charge >= 0.3 is 0 Å². The largest absolute Gasteiger partial charge is 0.393 e. The molecule has 2 atom stereocenters. The van der Waals surface area contributed by atoms with E-state index in [1.54, 1.807) is 0 Å². The first kappa shape index (κ1) is 30.6. The number of carbonyl (C=O) groups is 1. The van der Waals surface area contributed by atoms with Gasteiger partial charge in [-0.25, -0.2) is 0 Å². The molecule has 0 aromatic rings. The van der Waals surface area contributed by atoms with Crippen molar-refractivity contribution in [1.82, 2.24) is 0 Å². The minimum absolute atomic E-state index is 0.106. The number of rotatable bonds is 25. The van der Waals surface area contributed by atoms with Crippen molar-refractivity contribution >= 4 is 5.78 Å². The topological polar surface area (TPSA) is 57.5 Å². The molecule has 0 saturated heterocycles. The van der Waals surface area contributed by atoms with Gasteiger partial charge in [0, 0.05) is 12.8 Å². The van der Waals surface area contributed by atoms with Gasteiger partial charge in [-0.1, -0.05) is 129 Å². The van der Waals surface area contributed by atoms with E-state index < -0.39 is 6.10 Å². The molecule has 0 aliphatic carbocycles. The minimum Gasteiger partial charge on any atom is -0.393 e. The van der Waals surface area contributed by atoms with Crippen LogP contribution in [0, 0.1) is 0 Å². The Morgan fingerprint density at radius 2 is 0.871 bits per heavy atom. The first-order valence-corrected chi connectivity index (χ1v) is 14.0. The summed E-state index contributed by atoms with van der Waals surface area (Å²) < 4.78 is 0. The molecule has 0 heterocycles. The molecule has 0 spiro atoms. The fraction of sp³-hybridized carbons (Fsp3) is 0.964. The van der Waals surface area contributed by atoms with Crippen LogP contribution in [-0.2, 0) is 4.79 Å². The fourth-order valence-electron chi connectivity index (χ4n) is 4.32. The molecule has 0 aromatic carbocycles. The van der Waals surface area contributed by atoms with Crippen LogP contribution in [0.2, 0.25) is 0 Å². The van der Waals surface area contributed by atoms with Crippen LogP contribution in [0.15, 0.2) is 0 Å². The molecule has 0 radical (unpaired) electrons. The van der Waals surface area contributed by atoms with Gasteiger partial charge in [-0.2, -0.15) is 0 Å². The Morgan fingerprint density at radius 1 is 0.516 bits per heavy atom. The quantitative estimate of drug-likeness (QED) is 0.140. The summed E-state index contributed by atoms with van der Waals surface area (Å²) in [5.41, 5.74) is 0. The Labute approximate surface area is 194 Å². The highest BCUT2D eigenvalue weighted by Crippen LogP contribution is 2.15. The maximum Gasteiger partial charge on any atom is 0.135 e. The van der Waals surface area contributed by atoms with Crippen LogP contribution >= 0.6 is 0 Å². The van der Waals surface area contributed by atoms with Crippen LogP contribution in [0.25, 0.3) is 0 Å². The molecule has 0 aliphatic heterocycles. The highest BCUT2D eigenvalue weighted by Gasteiger charge is 2.13. The highest BCUT2D eigenvalue weighted by atomic mass is 16.3. The Hall–Kier alpha value is -0.410. The molecular formula is C28H56O3. The van der Waals surface area contributed by atoms with Crippen molar-refractivity contribution in [2.75, 3.05) is 0 Å². The summed E-state index contributed by atoms with van der Waals surface area (Å²) in [4.78, 5) is 12.1. The second kappa shape index (κ2) is 24.2. The summed E-state index contributed by atoms with van der Waals surface area (Å²) in [5.74, 6) is 0.106. The van der Waals surface area contributed by atoms with E-state index in [4.69, 9.17) is 0 Å². The number of ketones is 1.